The quantitative estimate of drug-likeness (QED) is 0.428. The predicted octanol–water partition coefficient (Wildman–Crippen LogP) is 3.54. The predicted molar refractivity (Wildman–Crippen MR) is 90.9 cm³/mol. The zero-order chi connectivity index (χ0) is 12.5. The number of nitrogens with one attached hydrogen (secondary N) is 2. The smallest absolute Gasteiger partial charge is 0.191 e. The van der Waals surface area contributed by atoms with Crippen LogP contribution < -0.4 is 10.6 Å². The van der Waals surface area contributed by atoms with Gasteiger partial charge in [0.25, 0.3) is 0 Å². The van der Waals surface area contributed by atoms with Gasteiger partial charge >= 0.3 is 0 Å². The Bertz CT molecular complexity index is 221. The summed E-state index contributed by atoms with van der Waals surface area (Å²) in [7, 11) is 0. The summed E-state index contributed by atoms with van der Waals surface area (Å²) in [6.45, 7) is 8.53. The average Bonchev–Trinajstić information content (AvgIpc) is 2.83. The molecule has 0 atom stereocenters. The molecule has 0 aliphatic heterocycles. The summed E-state index contributed by atoms with van der Waals surface area (Å²) in [6.07, 6.45) is 7.78. The van der Waals surface area contributed by atoms with Gasteiger partial charge < -0.3 is 10.6 Å². The Balaban J connectivity index is 0.00000289. The summed E-state index contributed by atoms with van der Waals surface area (Å²) in [5, 5.41) is 6.91. The van der Waals surface area contributed by atoms with Gasteiger partial charge in [-0.25, -0.2) is 0 Å². The van der Waals surface area contributed by atoms with Gasteiger partial charge in [0.2, 0.25) is 0 Å². The van der Waals surface area contributed by atoms with Crippen LogP contribution >= 0.6 is 24.0 Å². The molecule has 0 amide bonds. The third kappa shape index (κ3) is 6.81. The number of rotatable bonds is 6. The number of guanidine groups is 1. The highest BCUT2D eigenvalue weighted by atomic mass is 127. The molecule has 2 N–H and O–H groups in total. The first-order valence-corrected chi connectivity index (χ1v) is 7.34. The van der Waals surface area contributed by atoms with Crippen LogP contribution in [-0.4, -0.2) is 25.1 Å². The third-order valence-electron chi connectivity index (χ3n) is 3.70. The summed E-state index contributed by atoms with van der Waals surface area (Å²) in [4.78, 5) is 4.71. The number of halogens is 1. The highest BCUT2D eigenvalue weighted by Crippen LogP contribution is 2.17. The van der Waals surface area contributed by atoms with Crippen LogP contribution in [0.3, 0.4) is 0 Å². The van der Waals surface area contributed by atoms with E-state index in [-0.39, 0.29) is 24.0 Å². The first-order chi connectivity index (χ1) is 8.30. The number of hydrogen-bond donors (Lipinski definition) is 2. The molecule has 3 nitrogen and oxygen atoms in total. The molecule has 0 aromatic heterocycles. The molecule has 108 valence electrons. The Morgan fingerprint density at radius 3 is 2.28 bits per heavy atom. The molecule has 0 heterocycles. The molecule has 0 aromatic rings. The molecule has 0 unspecified atom stereocenters. The monoisotopic (exact) mass is 367 g/mol. The lowest BCUT2D eigenvalue weighted by Crippen LogP contribution is -2.42. The first kappa shape index (κ1) is 18.0. The molecule has 18 heavy (non-hydrogen) atoms. The minimum absolute atomic E-state index is 0. The second-order valence-electron chi connectivity index (χ2n) is 5.03. The molecule has 4 heteroatoms. The van der Waals surface area contributed by atoms with E-state index in [9.17, 15) is 0 Å². The summed E-state index contributed by atoms with van der Waals surface area (Å²) in [5.74, 6) is 1.75. The van der Waals surface area contributed by atoms with Crippen LogP contribution in [0.2, 0.25) is 0 Å². The molecular formula is C14H30IN3. The molecule has 0 saturated heterocycles. The van der Waals surface area contributed by atoms with Gasteiger partial charge in [0.1, 0.15) is 0 Å². The minimum atomic E-state index is 0. The van der Waals surface area contributed by atoms with Crippen molar-refractivity contribution in [1.82, 2.24) is 10.6 Å². The van der Waals surface area contributed by atoms with Crippen molar-refractivity contribution in [3.63, 3.8) is 0 Å². The van der Waals surface area contributed by atoms with Crippen molar-refractivity contribution in [3.05, 3.63) is 0 Å². The summed E-state index contributed by atoms with van der Waals surface area (Å²) >= 11 is 0. The molecule has 0 radical (unpaired) electrons. The van der Waals surface area contributed by atoms with E-state index < -0.39 is 0 Å². The topological polar surface area (TPSA) is 36.4 Å². The number of aliphatic imine (C=N–C) groups is 1. The molecule has 1 rings (SSSR count). The number of nitrogens with zero attached hydrogens (tertiary/aromatic N) is 1. The lowest BCUT2D eigenvalue weighted by molar-refractivity contribution is 0.502. The third-order valence-corrected chi connectivity index (χ3v) is 3.70. The van der Waals surface area contributed by atoms with Crippen molar-refractivity contribution in [2.75, 3.05) is 13.1 Å². The maximum absolute atomic E-state index is 4.71. The van der Waals surface area contributed by atoms with Crippen LogP contribution in [0.1, 0.15) is 59.3 Å². The Kier molecular flexibility index (Phi) is 10.9. The van der Waals surface area contributed by atoms with E-state index in [2.05, 4.69) is 31.4 Å². The minimum Gasteiger partial charge on any atom is -0.357 e. The van der Waals surface area contributed by atoms with E-state index in [4.69, 9.17) is 4.99 Å². The molecule has 1 aliphatic rings. The largest absolute Gasteiger partial charge is 0.357 e. The van der Waals surface area contributed by atoms with Gasteiger partial charge in [0.05, 0.1) is 0 Å². The van der Waals surface area contributed by atoms with Gasteiger partial charge in [-0.2, -0.15) is 0 Å². The van der Waals surface area contributed by atoms with E-state index >= 15 is 0 Å². The fourth-order valence-corrected chi connectivity index (χ4v) is 2.35. The normalized spacial score (nSPS) is 16.8. The maximum atomic E-state index is 4.71. The second kappa shape index (κ2) is 10.9. The molecule has 1 aliphatic carbocycles. The Morgan fingerprint density at radius 1 is 1.17 bits per heavy atom. The van der Waals surface area contributed by atoms with Gasteiger partial charge in [-0.15, -0.1) is 24.0 Å². The lowest BCUT2D eigenvalue weighted by atomic mass is 10.0. The van der Waals surface area contributed by atoms with E-state index in [1.165, 1.54) is 38.5 Å². The van der Waals surface area contributed by atoms with Gasteiger partial charge in [-0.1, -0.05) is 39.5 Å². The molecular weight excluding hydrogens is 337 g/mol. The van der Waals surface area contributed by atoms with Crippen LogP contribution in [-0.2, 0) is 0 Å². The maximum Gasteiger partial charge on any atom is 0.191 e. The van der Waals surface area contributed by atoms with Crippen molar-refractivity contribution < 1.29 is 0 Å². The van der Waals surface area contributed by atoms with E-state index in [0.717, 1.165) is 25.0 Å². The van der Waals surface area contributed by atoms with Crippen molar-refractivity contribution in [2.24, 2.45) is 10.9 Å². The van der Waals surface area contributed by atoms with E-state index in [1.807, 2.05) is 0 Å². The fraction of sp³-hybridized carbons (Fsp3) is 0.929. The Labute approximate surface area is 130 Å². The van der Waals surface area contributed by atoms with Crippen LogP contribution in [0.15, 0.2) is 4.99 Å². The standard InChI is InChI=1S/C14H29N3.HI/c1-4-12(5-2)11-16-14(15-6-3)17-13-9-7-8-10-13;/h12-13H,4-11H2,1-3H3,(H2,15,16,17);1H. The highest BCUT2D eigenvalue weighted by molar-refractivity contribution is 14.0. The molecule has 0 aromatic carbocycles. The molecule has 1 saturated carbocycles. The first-order valence-electron chi connectivity index (χ1n) is 7.34. The van der Waals surface area contributed by atoms with Gasteiger partial charge in [0.15, 0.2) is 5.96 Å². The Morgan fingerprint density at radius 2 is 1.78 bits per heavy atom. The van der Waals surface area contributed by atoms with Crippen LogP contribution in [0.5, 0.6) is 0 Å². The fourth-order valence-electron chi connectivity index (χ4n) is 2.35. The van der Waals surface area contributed by atoms with Gasteiger partial charge in [0, 0.05) is 19.1 Å². The van der Waals surface area contributed by atoms with E-state index in [1.54, 1.807) is 0 Å². The van der Waals surface area contributed by atoms with Crippen molar-refractivity contribution >= 4 is 29.9 Å². The van der Waals surface area contributed by atoms with Crippen molar-refractivity contribution in [2.45, 2.75) is 65.3 Å². The highest BCUT2D eigenvalue weighted by Gasteiger charge is 2.15. The lowest BCUT2D eigenvalue weighted by Gasteiger charge is -2.17. The average molecular weight is 367 g/mol. The van der Waals surface area contributed by atoms with Crippen molar-refractivity contribution in [1.29, 1.82) is 0 Å². The molecule has 0 bridgehead atoms. The van der Waals surface area contributed by atoms with Gasteiger partial charge in [-0.05, 0) is 25.7 Å². The van der Waals surface area contributed by atoms with Crippen molar-refractivity contribution in [3.8, 4) is 0 Å². The summed E-state index contributed by atoms with van der Waals surface area (Å²) < 4.78 is 0. The zero-order valence-corrected chi connectivity index (χ0v) is 14.5. The SMILES string of the molecule is CCNC(=NCC(CC)CC)NC1CCCC1.I. The van der Waals surface area contributed by atoms with Crippen LogP contribution in [0.25, 0.3) is 0 Å². The summed E-state index contributed by atoms with van der Waals surface area (Å²) in [5.41, 5.74) is 0. The molecule has 1 fully saturated rings. The molecule has 0 spiro atoms. The van der Waals surface area contributed by atoms with Crippen LogP contribution in [0, 0.1) is 5.92 Å². The zero-order valence-electron chi connectivity index (χ0n) is 12.2. The van der Waals surface area contributed by atoms with Crippen LogP contribution in [0.4, 0.5) is 0 Å². The number of hydrogen-bond acceptors (Lipinski definition) is 1. The second-order valence-corrected chi connectivity index (χ2v) is 5.03. The Hall–Kier alpha value is 0. The van der Waals surface area contributed by atoms with E-state index in [0.29, 0.717) is 6.04 Å². The summed E-state index contributed by atoms with van der Waals surface area (Å²) in [6, 6.07) is 0.648. The van der Waals surface area contributed by atoms with Gasteiger partial charge in [-0.3, -0.25) is 4.99 Å².